The van der Waals surface area contributed by atoms with E-state index in [1.54, 1.807) is 6.07 Å². The summed E-state index contributed by atoms with van der Waals surface area (Å²) in [5, 5.41) is 3.39. The largest absolute Gasteiger partial charge is 0.351 e. The van der Waals surface area contributed by atoms with Crippen LogP contribution in [0.5, 0.6) is 0 Å². The number of amides is 1. The number of aryl methyl sites for hydroxylation is 1. The third-order valence-electron chi connectivity index (χ3n) is 3.71. The number of nitrogens with one attached hydrogen (secondary N) is 1. The number of carbonyl (C=O) groups excluding carboxylic acids is 1. The molecule has 0 fully saturated rings. The highest BCUT2D eigenvalue weighted by molar-refractivity contribution is 6.33. The second kappa shape index (κ2) is 5.25. The molecule has 3 nitrogen and oxygen atoms in total. The zero-order valence-corrected chi connectivity index (χ0v) is 11.9. The van der Waals surface area contributed by atoms with Gasteiger partial charge in [0.25, 0.3) is 5.91 Å². The molecular weight excluding hydrogens is 272 g/mol. The van der Waals surface area contributed by atoms with Crippen LogP contribution in [0.2, 0.25) is 5.02 Å². The van der Waals surface area contributed by atoms with Gasteiger partial charge in [-0.3, -0.25) is 9.78 Å². The maximum Gasteiger partial charge on any atom is 0.254 e. The van der Waals surface area contributed by atoms with Gasteiger partial charge in [-0.25, -0.2) is 0 Å². The lowest BCUT2D eigenvalue weighted by Crippen LogP contribution is -2.33. The van der Waals surface area contributed by atoms with Crippen LogP contribution >= 0.6 is 11.6 Å². The number of halogens is 1. The van der Waals surface area contributed by atoms with E-state index in [0.29, 0.717) is 23.0 Å². The summed E-state index contributed by atoms with van der Waals surface area (Å²) in [7, 11) is 0. The van der Waals surface area contributed by atoms with Crippen molar-refractivity contribution in [3.8, 4) is 0 Å². The zero-order valence-electron chi connectivity index (χ0n) is 11.2. The predicted octanol–water partition coefficient (Wildman–Crippen LogP) is 3.11. The van der Waals surface area contributed by atoms with Crippen molar-refractivity contribution in [2.24, 2.45) is 0 Å². The summed E-state index contributed by atoms with van der Waals surface area (Å²) in [4.78, 5) is 16.2. The second-order valence-corrected chi connectivity index (χ2v) is 5.52. The van der Waals surface area contributed by atoms with Crippen LogP contribution in [0, 0.1) is 6.92 Å². The van der Waals surface area contributed by atoms with Crippen LogP contribution in [0.1, 0.15) is 33.1 Å². The number of fused-ring (bicyclic) bond motifs is 1. The Kier molecular flexibility index (Phi) is 3.45. The van der Waals surface area contributed by atoms with Crippen LogP contribution in [-0.2, 0) is 6.42 Å². The Labute approximate surface area is 123 Å². The molecule has 0 spiro atoms. The van der Waals surface area contributed by atoms with Gasteiger partial charge in [0.2, 0.25) is 0 Å². The summed E-state index contributed by atoms with van der Waals surface area (Å²) >= 11 is 6.07. The molecule has 1 aliphatic rings. The lowest BCUT2D eigenvalue weighted by molar-refractivity contribution is 0.0950. The number of hydrogen-bond acceptors (Lipinski definition) is 2. The van der Waals surface area contributed by atoms with Gasteiger partial charge in [0, 0.05) is 24.4 Å². The number of pyridine rings is 1. The molecule has 3 rings (SSSR count). The molecule has 1 aliphatic carbocycles. The molecular formula is C16H15ClN2O. The van der Waals surface area contributed by atoms with E-state index in [4.69, 9.17) is 11.6 Å². The molecule has 0 aliphatic heterocycles. The molecule has 1 amide bonds. The first kappa shape index (κ1) is 13.1. The third kappa shape index (κ3) is 2.41. The minimum absolute atomic E-state index is 0.160. The Bertz CT molecular complexity index is 669. The van der Waals surface area contributed by atoms with Crippen molar-refractivity contribution < 1.29 is 4.79 Å². The molecule has 1 N–H and O–H groups in total. The second-order valence-electron chi connectivity index (χ2n) is 5.12. The van der Waals surface area contributed by atoms with Gasteiger partial charge in [0.15, 0.2) is 0 Å². The highest BCUT2D eigenvalue weighted by atomic mass is 35.5. The van der Waals surface area contributed by atoms with Crippen molar-refractivity contribution in [2.45, 2.75) is 19.3 Å². The highest BCUT2D eigenvalue weighted by Gasteiger charge is 2.25. The van der Waals surface area contributed by atoms with Crippen LogP contribution in [-0.4, -0.2) is 17.4 Å². The number of rotatable bonds is 3. The Morgan fingerprint density at radius 3 is 3.00 bits per heavy atom. The molecule has 0 radical (unpaired) electrons. The molecule has 4 heteroatoms. The molecule has 0 bridgehead atoms. The van der Waals surface area contributed by atoms with Gasteiger partial charge in [-0.2, -0.15) is 0 Å². The molecule has 0 saturated carbocycles. The van der Waals surface area contributed by atoms with Crippen LogP contribution < -0.4 is 5.32 Å². The summed E-state index contributed by atoms with van der Waals surface area (Å²) < 4.78 is 0. The Morgan fingerprint density at radius 1 is 1.45 bits per heavy atom. The van der Waals surface area contributed by atoms with E-state index in [-0.39, 0.29) is 5.91 Å². The zero-order chi connectivity index (χ0) is 14.1. The van der Waals surface area contributed by atoms with Crippen molar-refractivity contribution in [3.05, 3.63) is 63.9 Å². The quantitative estimate of drug-likeness (QED) is 0.942. The van der Waals surface area contributed by atoms with Crippen molar-refractivity contribution in [1.82, 2.24) is 10.3 Å². The van der Waals surface area contributed by atoms with Crippen molar-refractivity contribution in [2.75, 3.05) is 6.54 Å². The van der Waals surface area contributed by atoms with Gasteiger partial charge >= 0.3 is 0 Å². The number of benzene rings is 1. The molecule has 0 saturated heterocycles. The van der Waals surface area contributed by atoms with Crippen LogP contribution in [0.4, 0.5) is 0 Å². The predicted molar refractivity (Wildman–Crippen MR) is 79.2 cm³/mol. The average molecular weight is 287 g/mol. The summed E-state index contributed by atoms with van der Waals surface area (Å²) in [5.41, 5.74) is 3.95. The highest BCUT2D eigenvalue weighted by Crippen LogP contribution is 2.34. The smallest absolute Gasteiger partial charge is 0.254 e. The number of nitrogens with zero attached hydrogens (tertiary/aromatic N) is 1. The van der Waals surface area contributed by atoms with Gasteiger partial charge in [0.1, 0.15) is 0 Å². The fourth-order valence-corrected chi connectivity index (χ4v) is 2.84. The average Bonchev–Trinajstić information content (AvgIpc) is 2.39. The fraction of sp³-hybridized carbons (Fsp3) is 0.250. The molecule has 1 aromatic carbocycles. The molecule has 1 heterocycles. The maximum absolute atomic E-state index is 12.1. The minimum Gasteiger partial charge on any atom is -0.351 e. The van der Waals surface area contributed by atoms with Crippen LogP contribution in [0.15, 0.2) is 36.5 Å². The SMILES string of the molecule is Cc1cc(Cl)c(C(=O)NCC2Cc3ccccc32)cn1. The van der Waals surface area contributed by atoms with Crippen molar-refractivity contribution in [1.29, 1.82) is 0 Å². The topological polar surface area (TPSA) is 42.0 Å². The Hall–Kier alpha value is -1.87. The first-order valence-corrected chi connectivity index (χ1v) is 7.01. The molecule has 102 valence electrons. The third-order valence-corrected chi connectivity index (χ3v) is 4.02. The van der Waals surface area contributed by atoms with Gasteiger partial charge in [-0.1, -0.05) is 35.9 Å². The van der Waals surface area contributed by atoms with E-state index in [2.05, 4.69) is 22.4 Å². The normalized spacial score (nSPS) is 16.2. The van der Waals surface area contributed by atoms with Crippen LogP contribution in [0.3, 0.4) is 0 Å². The lowest BCUT2D eigenvalue weighted by atomic mass is 9.77. The molecule has 1 atom stereocenters. The van der Waals surface area contributed by atoms with E-state index in [1.807, 2.05) is 19.1 Å². The Balaban J connectivity index is 1.64. The van der Waals surface area contributed by atoms with Crippen molar-refractivity contribution >= 4 is 17.5 Å². The number of aromatic nitrogens is 1. The molecule has 1 unspecified atom stereocenters. The molecule has 20 heavy (non-hydrogen) atoms. The summed E-state index contributed by atoms with van der Waals surface area (Å²) in [6, 6.07) is 10.0. The van der Waals surface area contributed by atoms with Crippen LogP contribution in [0.25, 0.3) is 0 Å². The number of carbonyl (C=O) groups is 1. The summed E-state index contributed by atoms with van der Waals surface area (Å²) in [6.07, 6.45) is 2.55. The van der Waals surface area contributed by atoms with E-state index < -0.39 is 0 Å². The Morgan fingerprint density at radius 2 is 2.25 bits per heavy atom. The molecule has 2 aromatic rings. The first-order valence-electron chi connectivity index (χ1n) is 6.63. The van der Waals surface area contributed by atoms with Crippen molar-refractivity contribution in [3.63, 3.8) is 0 Å². The monoisotopic (exact) mass is 286 g/mol. The maximum atomic E-state index is 12.1. The standard InChI is InChI=1S/C16H15ClN2O/c1-10-6-15(17)14(9-18-10)16(20)19-8-12-7-11-4-2-3-5-13(11)12/h2-6,9,12H,7-8H2,1H3,(H,19,20). The van der Waals surface area contributed by atoms with Gasteiger partial charge in [-0.15, -0.1) is 0 Å². The fourth-order valence-electron chi connectivity index (χ4n) is 2.55. The first-order chi connectivity index (χ1) is 9.65. The minimum atomic E-state index is -0.160. The van der Waals surface area contributed by atoms with Gasteiger partial charge in [0.05, 0.1) is 10.6 Å². The van der Waals surface area contributed by atoms with E-state index in [1.165, 1.54) is 17.3 Å². The van der Waals surface area contributed by atoms with E-state index in [0.717, 1.165) is 12.1 Å². The number of hydrogen-bond donors (Lipinski definition) is 1. The van der Waals surface area contributed by atoms with Gasteiger partial charge in [-0.05, 0) is 30.5 Å². The lowest BCUT2D eigenvalue weighted by Gasteiger charge is -2.30. The van der Waals surface area contributed by atoms with E-state index in [9.17, 15) is 4.79 Å². The van der Waals surface area contributed by atoms with Gasteiger partial charge < -0.3 is 5.32 Å². The van der Waals surface area contributed by atoms with E-state index >= 15 is 0 Å². The summed E-state index contributed by atoms with van der Waals surface area (Å²) in [6.45, 7) is 2.49. The molecule has 1 aromatic heterocycles. The summed E-state index contributed by atoms with van der Waals surface area (Å²) in [5.74, 6) is 0.249.